The van der Waals surface area contributed by atoms with Gasteiger partial charge < -0.3 is 24.1 Å². The highest BCUT2D eigenvalue weighted by Crippen LogP contribution is 2.20. The zero-order valence-electron chi connectivity index (χ0n) is 18.2. The lowest BCUT2D eigenvalue weighted by Gasteiger charge is -2.13. The van der Waals surface area contributed by atoms with Gasteiger partial charge in [0.2, 0.25) is 0 Å². The lowest BCUT2D eigenvalue weighted by molar-refractivity contribution is -0.153. The van der Waals surface area contributed by atoms with Crippen LogP contribution in [0.2, 0.25) is 0 Å². The minimum absolute atomic E-state index is 0.00436. The summed E-state index contributed by atoms with van der Waals surface area (Å²) in [7, 11) is 0. The molecular formula is C24H26O9. The molecule has 0 fully saturated rings. The van der Waals surface area contributed by atoms with Gasteiger partial charge in [-0.15, -0.1) is 0 Å². The molecule has 2 rings (SSSR count). The molecule has 9 nitrogen and oxygen atoms in total. The monoisotopic (exact) mass is 458 g/mol. The van der Waals surface area contributed by atoms with Gasteiger partial charge in [0.1, 0.15) is 26.4 Å². The molecule has 0 amide bonds. The highest BCUT2D eigenvalue weighted by Gasteiger charge is 2.19. The van der Waals surface area contributed by atoms with E-state index in [1.807, 2.05) is 6.07 Å². The highest BCUT2D eigenvalue weighted by atomic mass is 16.6. The molecule has 0 bridgehead atoms. The van der Waals surface area contributed by atoms with Crippen molar-refractivity contribution in [2.24, 2.45) is 0 Å². The molecule has 0 saturated carbocycles. The quantitative estimate of drug-likeness (QED) is 0.258. The topological polar surface area (TPSA) is 125 Å². The van der Waals surface area contributed by atoms with Gasteiger partial charge in [-0.1, -0.05) is 48.5 Å². The Labute approximate surface area is 191 Å². The summed E-state index contributed by atoms with van der Waals surface area (Å²) >= 11 is 0. The van der Waals surface area contributed by atoms with Gasteiger partial charge >= 0.3 is 17.9 Å². The van der Waals surface area contributed by atoms with Crippen LogP contribution in [-0.2, 0) is 33.3 Å². The number of benzene rings is 2. The van der Waals surface area contributed by atoms with Crippen LogP contribution in [0.1, 0.15) is 34.3 Å². The number of aliphatic carboxylic acids is 1. The fourth-order valence-corrected chi connectivity index (χ4v) is 2.74. The summed E-state index contributed by atoms with van der Waals surface area (Å²) in [4.78, 5) is 46.7. The van der Waals surface area contributed by atoms with Crippen LogP contribution >= 0.6 is 0 Å². The van der Waals surface area contributed by atoms with Crippen LogP contribution in [-0.4, -0.2) is 68.4 Å². The molecule has 176 valence electrons. The smallest absolute Gasteiger partial charge is 0.332 e. The average Bonchev–Trinajstić information content (AvgIpc) is 2.83. The number of ether oxygens (including phenoxy) is 4. The van der Waals surface area contributed by atoms with Gasteiger partial charge in [-0.05, 0) is 18.6 Å². The Morgan fingerprint density at radius 1 is 0.788 bits per heavy atom. The summed E-state index contributed by atoms with van der Waals surface area (Å²) < 4.78 is 19.8. The number of esters is 2. The van der Waals surface area contributed by atoms with Crippen molar-refractivity contribution in [3.8, 4) is 0 Å². The van der Waals surface area contributed by atoms with Crippen LogP contribution < -0.4 is 0 Å². The van der Waals surface area contributed by atoms with Crippen LogP contribution in [0.5, 0.6) is 0 Å². The van der Waals surface area contributed by atoms with Gasteiger partial charge in [-0.3, -0.25) is 9.59 Å². The Morgan fingerprint density at radius 3 is 2.12 bits per heavy atom. The maximum absolute atomic E-state index is 12.6. The largest absolute Gasteiger partial charge is 0.480 e. The molecule has 0 aliphatic heterocycles. The van der Waals surface area contributed by atoms with Crippen LogP contribution in [0, 0.1) is 0 Å². The first-order valence-corrected chi connectivity index (χ1v) is 10.3. The Morgan fingerprint density at radius 2 is 1.42 bits per heavy atom. The van der Waals surface area contributed by atoms with Gasteiger partial charge in [0, 0.05) is 11.1 Å². The van der Waals surface area contributed by atoms with Gasteiger partial charge in [0.15, 0.2) is 5.78 Å². The normalized spacial score (nSPS) is 11.4. The molecule has 1 N–H and O–H groups in total. The summed E-state index contributed by atoms with van der Waals surface area (Å²) in [6.45, 7) is 0.691. The Kier molecular flexibility index (Phi) is 10.7. The van der Waals surface area contributed by atoms with Crippen molar-refractivity contribution in [1.29, 1.82) is 0 Å². The Balaban J connectivity index is 1.70. The minimum atomic E-state index is -1.11. The summed E-state index contributed by atoms with van der Waals surface area (Å²) in [5, 5.41) is 8.40. The van der Waals surface area contributed by atoms with Crippen molar-refractivity contribution >= 4 is 23.7 Å². The molecule has 0 saturated heterocycles. The molecule has 33 heavy (non-hydrogen) atoms. The fraction of sp³-hybridized carbons (Fsp3) is 0.333. The van der Waals surface area contributed by atoms with Crippen LogP contribution in [0.25, 0.3) is 0 Å². The predicted octanol–water partition coefficient (Wildman–Crippen LogP) is 2.23. The number of ketones is 1. The van der Waals surface area contributed by atoms with Crippen molar-refractivity contribution in [3.63, 3.8) is 0 Å². The number of carboxylic acid groups (broad SMARTS) is 1. The number of carbonyl (C=O) groups excluding carboxylic acids is 3. The first-order valence-electron chi connectivity index (χ1n) is 10.3. The predicted molar refractivity (Wildman–Crippen MR) is 116 cm³/mol. The second kappa shape index (κ2) is 13.8. The highest BCUT2D eigenvalue weighted by molar-refractivity contribution is 6.09. The second-order valence-corrected chi connectivity index (χ2v) is 6.93. The molecule has 9 heteroatoms. The second-order valence-electron chi connectivity index (χ2n) is 6.93. The average molecular weight is 458 g/mol. The van der Waals surface area contributed by atoms with E-state index >= 15 is 0 Å². The van der Waals surface area contributed by atoms with E-state index in [4.69, 9.17) is 24.1 Å². The molecule has 0 aliphatic rings. The van der Waals surface area contributed by atoms with Crippen molar-refractivity contribution < 1.29 is 43.2 Å². The van der Waals surface area contributed by atoms with Crippen molar-refractivity contribution in [1.82, 2.24) is 0 Å². The molecule has 0 radical (unpaired) electrons. The van der Waals surface area contributed by atoms with Crippen LogP contribution in [0.15, 0.2) is 54.6 Å². The molecule has 1 atom stereocenters. The van der Waals surface area contributed by atoms with E-state index in [2.05, 4.69) is 0 Å². The first-order chi connectivity index (χ1) is 15.9. The molecule has 0 aliphatic carbocycles. The van der Waals surface area contributed by atoms with E-state index in [9.17, 15) is 19.2 Å². The minimum Gasteiger partial charge on any atom is -0.480 e. The van der Waals surface area contributed by atoms with Gasteiger partial charge in [-0.25, -0.2) is 9.59 Å². The maximum atomic E-state index is 12.6. The van der Waals surface area contributed by atoms with Crippen molar-refractivity contribution in [2.75, 3.05) is 39.6 Å². The van der Waals surface area contributed by atoms with Crippen molar-refractivity contribution in [2.45, 2.75) is 12.8 Å². The molecule has 0 heterocycles. The van der Waals surface area contributed by atoms with Crippen LogP contribution in [0.4, 0.5) is 0 Å². The van der Waals surface area contributed by atoms with E-state index < -0.39 is 30.4 Å². The number of carboxylic acids is 1. The van der Waals surface area contributed by atoms with Gasteiger partial charge in [0.05, 0.1) is 19.1 Å². The number of hydrogen-bond donors (Lipinski definition) is 1. The van der Waals surface area contributed by atoms with E-state index in [-0.39, 0.29) is 38.8 Å². The standard InChI is InChI=1S/C24H26O9/c1-17(19-8-5-9-20(14-19)23(28)18-6-3-2-4-7-18)24(29)33-13-11-31-16-22(27)32-12-10-30-15-21(25)26/h2-9,14,17H,10-13,15-16H2,1H3,(H,25,26)/t17-/m0/s1. The summed E-state index contributed by atoms with van der Waals surface area (Å²) in [5.41, 5.74) is 1.69. The Hall–Kier alpha value is -3.56. The molecule has 2 aromatic rings. The number of hydrogen-bond acceptors (Lipinski definition) is 8. The van der Waals surface area contributed by atoms with Crippen LogP contribution in [0.3, 0.4) is 0 Å². The van der Waals surface area contributed by atoms with Gasteiger partial charge in [0.25, 0.3) is 0 Å². The summed E-state index contributed by atoms with van der Waals surface area (Å²) in [6.07, 6.45) is 0. The Bertz CT molecular complexity index is 940. The summed E-state index contributed by atoms with van der Waals surface area (Å²) in [6, 6.07) is 15.7. The van der Waals surface area contributed by atoms with E-state index in [1.165, 1.54) is 0 Å². The summed E-state index contributed by atoms with van der Waals surface area (Å²) in [5.74, 6) is -2.97. The maximum Gasteiger partial charge on any atom is 0.332 e. The zero-order valence-corrected chi connectivity index (χ0v) is 18.2. The van der Waals surface area contributed by atoms with E-state index in [0.29, 0.717) is 16.7 Å². The lowest BCUT2D eigenvalue weighted by Crippen LogP contribution is -2.20. The van der Waals surface area contributed by atoms with E-state index in [0.717, 1.165) is 0 Å². The third kappa shape index (κ3) is 9.22. The third-order valence-corrected chi connectivity index (χ3v) is 4.45. The molecule has 0 spiro atoms. The molecular weight excluding hydrogens is 432 g/mol. The van der Waals surface area contributed by atoms with E-state index in [1.54, 1.807) is 55.5 Å². The van der Waals surface area contributed by atoms with Gasteiger partial charge in [-0.2, -0.15) is 0 Å². The molecule has 2 aromatic carbocycles. The van der Waals surface area contributed by atoms with Crippen molar-refractivity contribution in [3.05, 3.63) is 71.3 Å². The number of carbonyl (C=O) groups is 4. The number of rotatable bonds is 14. The zero-order chi connectivity index (χ0) is 24.1. The fourth-order valence-electron chi connectivity index (χ4n) is 2.74. The third-order valence-electron chi connectivity index (χ3n) is 4.45. The SMILES string of the molecule is C[C@H](C(=O)OCCOCC(=O)OCCOCC(=O)O)c1cccc(C(=O)c2ccccc2)c1. The lowest BCUT2D eigenvalue weighted by atomic mass is 9.96. The molecule has 0 aromatic heterocycles. The molecule has 0 unspecified atom stereocenters. The first kappa shape index (κ1) is 25.7.